The Bertz CT molecular complexity index is 683. The van der Waals surface area contributed by atoms with Gasteiger partial charge in [0.05, 0.1) is 12.6 Å². The molecule has 1 saturated carbocycles. The number of hydrogen-bond acceptors (Lipinski definition) is 3. The second kappa shape index (κ2) is 8.67. The Morgan fingerprint density at radius 2 is 1.92 bits per heavy atom. The largest absolute Gasteiger partial charge is 0.395 e. The highest BCUT2D eigenvalue weighted by atomic mass is 16.3. The van der Waals surface area contributed by atoms with Gasteiger partial charge in [0.1, 0.15) is 0 Å². The average Bonchev–Trinajstić information content (AvgIpc) is 2.62. The van der Waals surface area contributed by atoms with Crippen molar-refractivity contribution < 1.29 is 9.90 Å². The van der Waals surface area contributed by atoms with E-state index in [2.05, 4.69) is 34.9 Å². The Kier molecular flexibility index (Phi) is 6.07. The molecule has 3 N–H and O–H groups in total. The van der Waals surface area contributed by atoms with E-state index in [1.807, 2.05) is 24.3 Å². The van der Waals surface area contributed by atoms with E-state index in [1.165, 1.54) is 24.8 Å². The average molecular weight is 338 g/mol. The van der Waals surface area contributed by atoms with Crippen molar-refractivity contribution >= 4 is 11.6 Å². The first-order chi connectivity index (χ1) is 12.3. The zero-order valence-electron chi connectivity index (χ0n) is 14.4. The van der Waals surface area contributed by atoms with Gasteiger partial charge in [0.15, 0.2) is 0 Å². The van der Waals surface area contributed by atoms with Crippen LogP contribution in [-0.2, 0) is 0 Å². The van der Waals surface area contributed by atoms with Crippen molar-refractivity contribution in [1.29, 1.82) is 0 Å². The molecule has 1 unspecified atom stereocenters. The van der Waals surface area contributed by atoms with Gasteiger partial charge in [-0.15, -0.1) is 0 Å². The number of rotatable bonds is 8. The van der Waals surface area contributed by atoms with Gasteiger partial charge in [-0.3, -0.25) is 4.79 Å². The third-order valence-electron chi connectivity index (χ3n) is 4.86. The van der Waals surface area contributed by atoms with Crippen LogP contribution in [0.25, 0.3) is 0 Å². The number of hydrogen-bond donors (Lipinski definition) is 3. The van der Waals surface area contributed by atoms with Gasteiger partial charge in [0.25, 0.3) is 5.91 Å². The van der Waals surface area contributed by atoms with Crippen molar-refractivity contribution in [2.24, 2.45) is 5.92 Å². The number of anilines is 1. The summed E-state index contributed by atoms with van der Waals surface area (Å²) in [5, 5.41) is 15.2. The third kappa shape index (κ3) is 4.83. The quantitative estimate of drug-likeness (QED) is 0.687. The Labute approximate surface area is 149 Å². The van der Waals surface area contributed by atoms with Gasteiger partial charge in [0.2, 0.25) is 0 Å². The Morgan fingerprint density at radius 3 is 2.60 bits per heavy atom. The molecule has 0 saturated heterocycles. The first kappa shape index (κ1) is 17.5. The molecule has 1 atom stereocenters. The molecule has 0 heterocycles. The van der Waals surface area contributed by atoms with Crippen LogP contribution in [0.15, 0.2) is 54.6 Å². The number of carbonyl (C=O) groups is 1. The lowest BCUT2D eigenvalue weighted by Gasteiger charge is -2.31. The van der Waals surface area contributed by atoms with Crippen LogP contribution in [0.2, 0.25) is 0 Å². The summed E-state index contributed by atoms with van der Waals surface area (Å²) < 4.78 is 0. The van der Waals surface area contributed by atoms with Crippen molar-refractivity contribution in [3.05, 3.63) is 65.7 Å². The maximum atomic E-state index is 12.1. The number of carbonyl (C=O) groups excluding carboxylic acids is 1. The molecule has 1 aliphatic rings. The lowest BCUT2D eigenvalue weighted by molar-refractivity contribution is 0.0945. The summed E-state index contributed by atoms with van der Waals surface area (Å²) in [6, 6.07) is 18.3. The molecule has 0 radical (unpaired) electrons. The van der Waals surface area contributed by atoms with Crippen molar-refractivity contribution in [3.63, 3.8) is 0 Å². The van der Waals surface area contributed by atoms with E-state index in [-0.39, 0.29) is 25.1 Å². The fraction of sp³-hybridized carbons (Fsp3) is 0.381. The standard InChI is InChI=1S/C21H26N2O2/c24-13-12-22-21(25)18-10-5-11-19(15-18)23-20(14-16-6-4-7-16)17-8-2-1-3-9-17/h1-3,5,8-11,15-16,20,23-24H,4,6-7,12-14H2,(H,22,25). The van der Waals surface area contributed by atoms with Crippen LogP contribution >= 0.6 is 0 Å². The van der Waals surface area contributed by atoms with Crippen molar-refractivity contribution in [1.82, 2.24) is 5.32 Å². The summed E-state index contributed by atoms with van der Waals surface area (Å²) >= 11 is 0. The van der Waals surface area contributed by atoms with E-state index in [1.54, 1.807) is 6.07 Å². The van der Waals surface area contributed by atoms with Gasteiger partial charge in [-0.25, -0.2) is 0 Å². The first-order valence-corrected chi connectivity index (χ1v) is 9.07. The zero-order chi connectivity index (χ0) is 17.5. The maximum absolute atomic E-state index is 12.1. The molecule has 1 amide bonds. The van der Waals surface area contributed by atoms with Crippen LogP contribution < -0.4 is 10.6 Å². The highest BCUT2D eigenvalue weighted by molar-refractivity contribution is 5.95. The predicted octanol–water partition coefficient (Wildman–Crippen LogP) is 3.75. The maximum Gasteiger partial charge on any atom is 0.251 e. The number of nitrogens with one attached hydrogen (secondary N) is 2. The van der Waals surface area contributed by atoms with Gasteiger partial charge in [-0.2, -0.15) is 0 Å². The molecule has 0 aromatic heterocycles. The Balaban J connectivity index is 1.73. The van der Waals surface area contributed by atoms with Gasteiger partial charge >= 0.3 is 0 Å². The minimum atomic E-state index is -0.159. The summed E-state index contributed by atoms with van der Waals surface area (Å²) in [5.74, 6) is 0.627. The Morgan fingerprint density at radius 1 is 1.12 bits per heavy atom. The molecule has 4 heteroatoms. The van der Waals surface area contributed by atoms with E-state index < -0.39 is 0 Å². The molecule has 0 aliphatic heterocycles. The van der Waals surface area contributed by atoms with Crippen LogP contribution in [0.4, 0.5) is 5.69 Å². The summed E-state index contributed by atoms with van der Waals surface area (Å²) in [6.07, 6.45) is 5.08. The SMILES string of the molecule is O=C(NCCO)c1cccc(NC(CC2CCC2)c2ccccc2)c1. The van der Waals surface area contributed by atoms with Gasteiger partial charge in [-0.1, -0.05) is 55.7 Å². The van der Waals surface area contributed by atoms with Gasteiger partial charge in [-0.05, 0) is 36.1 Å². The fourth-order valence-electron chi connectivity index (χ4n) is 3.25. The number of aliphatic hydroxyl groups is 1. The summed E-state index contributed by atoms with van der Waals surface area (Å²) in [5.41, 5.74) is 2.84. The number of amides is 1. The molecule has 4 nitrogen and oxygen atoms in total. The number of benzene rings is 2. The molecular formula is C21H26N2O2. The minimum absolute atomic E-state index is 0.0544. The molecule has 3 rings (SSSR count). The van der Waals surface area contributed by atoms with Crippen LogP contribution in [-0.4, -0.2) is 24.2 Å². The van der Waals surface area contributed by atoms with E-state index >= 15 is 0 Å². The van der Waals surface area contributed by atoms with E-state index in [0.29, 0.717) is 5.56 Å². The molecule has 1 fully saturated rings. The first-order valence-electron chi connectivity index (χ1n) is 9.07. The fourth-order valence-corrected chi connectivity index (χ4v) is 3.25. The second-order valence-electron chi connectivity index (χ2n) is 6.70. The summed E-state index contributed by atoms with van der Waals surface area (Å²) in [7, 11) is 0. The van der Waals surface area contributed by atoms with E-state index in [4.69, 9.17) is 5.11 Å². The monoisotopic (exact) mass is 338 g/mol. The van der Waals surface area contributed by atoms with Crippen LogP contribution in [0, 0.1) is 5.92 Å². The molecule has 1 aliphatic carbocycles. The summed E-state index contributed by atoms with van der Waals surface area (Å²) in [6.45, 7) is 0.214. The van der Waals surface area contributed by atoms with Crippen LogP contribution in [0.1, 0.15) is 47.6 Å². The minimum Gasteiger partial charge on any atom is -0.395 e. The molecular weight excluding hydrogens is 312 g/mol. The highest BCUT2D eigenvalue weighted by Gasteiger charge is 2.23. The molecule has 132 valence electrons. The molecule has 0 spiro atoms. The zero-order valence-corrected chi connectivity index (χ0v) is 14.4. The lowest BCUT2D eigenvalue weighted by atomic mass is 9.79. The topological polar surface area (TPSA) is 61.4 Å². The lowest BCUT2D eigenvalue weighted by Crippen LogP contribution is -2.26. The highest BCUT2D eigenvalue weighted by Crippen LogP contribution is 2.36. The van der Waals surface area contributed by atoms with E-state index in [9.17, 15) is 4.79 Å². The second-order valence-corrected chi connectivity index (χ2v) is 6.70. The van der Waals surface area contributed by atoms with Crippen molar-refractivity contribution in [2.45, 2.75) is 31.7 Å². The normalized spacial score (nSPS) is 15.2. The third-order valence-corrected chi connectivity index (χ3v) is 4.86. The molecule has 2 aromatic rings. The van der Waals surface area contributed by atoms with Crippen LogP contribution in [0.5, 0.6) is 0 Å². The van der Waals surface area contributed by atoms with Crippen molar-refractivity contribution in [3.8, 4) is 0 Å². The molecule has 2 aromatic carbocycles. The smallest absolute Gasteiger partial charge is 0.251 e. The van der Waals surface area contributed by atoms with Crippen molar-refractivity contribution in [2.75, 3.05) is 18.5 Å². The Hall–Kier alpha value is -2.33. The summed E-state index contributed by atoms with van der Waals surface area (Å²) in [4.78, 5) is 12.1. The molecule has 25 heavy (non-hydrogen) atoms. The van der Waals surface area contributed by atoms with Crippen LogP contribution in [0.3, 0.4) is 0 Å². The molecule has 0 bridgehead atoms. The predicted molar refractivity (Wildman–Crippen MR) is 101 cm³/mol. The van der Waals surface area contributed by atoms with E-state index in [0.717, 1.165) is 18.0 Å². The van der Waals surface area contributed by atoms with Gasteiger partial charge in [0, 0.05) is 17.8 Å². The van der Waals surface area contributed by atoms with Gasteiger partial charge < -0.3 is 15.7 Å². The number of aliphatic hydroxyl groups excluding tert-OH is 1.